The molecule has 5 heteroatoms. The number of benzene rings is 1. The topological polar surface area (TPSA) is 45.2 Å². The van der Waals surface area contributed by atoms with E-state index >= 15 is 0 Å². The Bertz CT molecular complexity index is 466. The normalized spacial score (nSPS) is 20.9. The lowest BCUT2D eigenvalue weighted by molar-refractivity contribution is 0.0148. The lowest BCUT2D eigenvalue weighted by Crippen LogP contribution is -2.55. The van der Waals surface area contributed by atoms with E-state index in [0.29, 0.717) is 19.2 Å². The van der Waals surface area contributed by atoms with Crippen LogP contribution in [0.25, 0.3) is 0 Å². The van der Waals surface area contributed by atoms with E-state index in [0.717, 1.165) is 45.0 Å². The van der Waals surface area contributed by atoms with Gasteiger partial charge in [-0.1, -0.05) is 24.6 Å². The van der Waals surface area contributed by atoms with Gasteiger partial charge in [0.1, 0.15) is 18.5 Å². The minimum Gasteiger partial charge on any atom is -0.491 e. The second kappa shape index (κ2) is 9.99. The van der Waals surface area contributed by atoms with Crippen molar-refractivity contribution in [3.05, 3.63) is 29.8 Å². The first-order chi connectivity index (χ1) is 11.6. The van der Waals surface area contributed by atoms with E-state index in [2.05, 4.69) is 23.6 Å². The summed E-state index contributed by atoms with van der Waals surface area (Å²) in [4.78, 5) is 4.84. The number of aliphatic hydroxyl groups excluding tert-OH is 1. The van der Waals surface area contributed by atoms with E-state index in [1.165, 1.54) is 5.56 Å². The standard InChI is InChI=1S/C19H32N2O3/c1-4-17-13-20(9-10-21(17)11-12-23-3)14-18(22)15-24-19-7-5-16(2)6-8-19/h5-8,17-18,22H,4,9-15H2,1-3H3/t17-,18-/m1/s1. The van der Waals surface area contributed by atoms with E-state index in [1.54, 1.807) is 7.11 Å². The van der Waals surface area contributed by atoms with Crippen molar-refractivity contribution in [2.45, 2.75) is 32.4 Å². The molecule has 1 saturated heterocycles. The van der Waals surface area contributed by atoms with Crippen molar-refractivity contribution in [3.8, 4) is 5.75 Å². The van der Waals surface area contributed by atoms with Gasteiger partial charge in [-0.2, -0.15) is 0 Å². The molecule has 0 bridgehead atoms. The summed E-state index contributed by atoms with van der Waals surface area (Å²) >= 11 is 0. The van der Waals surface area contributed by atoms with E-state index in [9.17, 15) is 5.11 Å². The van der Waals surface area contributed by atoms with Gasteiger partial charge in [0.2, 0.25) is 0 Å². The van der Waals surface area contributed by atoms with Gasteiger partial charge in [0.25, 0.3) is 0 Å². The highest BCUT2D eigenvalue weighted by molar-refractivity contribution is 5.26. The van der Waals surface area contributed by atoms with Crippen LogP contribution in [0.3, 0.4) is 0 Å². The average Bonchev–Trinajstić information content (AvgIpc) is 2.60. The molecule has 0 amide bonds. The van der Waals surface area contributed by atoms with Gasteiger partial charge >= 0.3 is 0 Å². The first kappa shape index (κ1) is 19.2. The predicted octanol–water partition coefficient (Wildman–Crippen LogP) is 1.78. The summed E-state index contributed by atoms with van der Waals surface area (Å²) in [6.07, 6.45) is 0.658. The first-order valence-electron chi connectivity index (χ1n) is 8.95. The number of hydrogen-bond donors (Lipinski definition) is 1. The molecule has 1 aliphatic rings. The number of aryl methyl sites for hydroxylation is 1. The Morgan fingerprint density at radius 2 is 2.00 bits per heavy atom. The lowest BCUT2D eigenvalue weighted by Gasteiger charge is -2.41. The Labute approximate surface area is 146 Å². The number of ether oxygens (including phenoxy) is 2. The summed E-state index contributed by atoms with van der Waals surface area (Å²) < 4.78 is 10.9. The molecule has 1 aliphatic heterocycles. The highest BCUT2D eigenvalue weighted by Crippen LogP contribution is 2.14. The van der Waals surface area contributed by atoms with Crippen LogP contribution in [0.1, 0.15) is 18.9 Å². The lowest BCUT2D eigenvalue weighted by atomic mass is 10.1. The van der Waals surface area contributed by atoms with Gasteiger partial charge in [-0.15, -0.1) is 0 Å². The molecule has 0 aliphatic carbocycles. The van der Waals surface area contributed by atoms with Crippen molar-refractivity contribution in [1.29, 1.82) is 0 Å². The average molecular weight is 336 g/mol. The second-order valence-corrected chi connectivity index (χ2v) is 6.63. The molecule has 0 spiro atoms. The highest BCUT2D eigenvalue weighted by Gasteiger charge is 2.26. The Morgan fingerprint density at radius 1 is 1.25 bits per heavy atom. The van der Waals surface area contributed by atoms with Gasteiger partial charge in [0.15, 0.2) is 0 Å². The van der Waals surface area contributed by atoms with Gasteiger partial charge < -0.3 is 14.6 Å². The number of methoxy groups -OCH3 is 1. The maximum atomic E-state index is 10.3. The van der Waals surface area contributed by atoms with Crippen molar-refractivity contribution in [1.82, 2.24) is 9.80 Å². The van der Waals surface area contributed by atoms with Crippen molar-refractivity contribution >= 4 is 0 Å². The van der Waals surface area contributed by atoms with E-state index in [-0.39, 0.29) is 0 Å². The van der Waals surface area contributed by atoms with Gasteiger partial charge in [-0.25, -0.2) is 0 Å². The molecule has 2 rings (SSSR count). The van der Waals surface area contributed by atoms with Crippen LogP contribution in [0.15, 0.2) is 24.3 Å². The van der Waals surface area contributed by atoms with Crippen LogP contribution in [0.4, 0.5) is 0 Å². The number of nitrogens with zero attached hydrogens (tertiary/aromatic N) is 2. The molecule has 1 heterocycles. The summed E-state index contributed by atoms with van der Waals surface area (Å²) in [5.74, 6) is 0.815. The number of piperazine rings is 1. The molecule has 136 valence electrons. The summed E-state index contributed by atoms with van der Waals surface area (Å²) in [7, 11) is 1.75. The maximum Gasteiger partial charge on any atom is 0.119 e. The highest BCUT2D eigenvalue weighted by atomic mass is 16.5. The summed E-state index contributed by atoms with van der Waals surface area (Å²) in [5.41, 5.74) is 1.21. The Balaban J connectivity index is 1.73. The second-order valence-electron chi connectivity index (χ2n) is 6.63. The van der Waals surface area contributed by atoms with Gasteiger partial charge in [0.05, 0.1) is 6.61 Å². The molecule has 2 atom stereocenters. The van der Waals surface area contributed by atoms with Crippen LogP contribution in [-0.4, -0.2) is 80.1 Å². The minimum atomic E-state index is -0.464. The van der Waals surface area contributed by atoms with Crippen LogP contribution in [0.5, 0.6) is 5.75 Å². The third-order valence-corrected chi connectivity index (χ3v) is 4.67. The fourth-order valence-corrected chi connectivity index (χ4v) is 3.19. The molecule has 0 saturated carbocycles. The minimum absolute atomic E-state index is 0.337. The summed E-state index contributed by atoms with van der Waals surface area (Å²) in [5, 5.41) is 10.3. The monoisotopic (exact) mass is 336 g/mol. The Kier molecular flexibility index (Phi) is 7.99. The summed E-state index contributed by atoms with van der Waals surface area (Å²) in [6, 6.07) is 8.48. The number of rotatable bonds is 9. The van der Waals surface area contributed by atoms with Gasteiger partial charge in [-0.05, 0) is 25.5 Å². The summed E-state index contributed by atoms with van der Waals surface area (Å²) in [6.45, 7) is 10.1. The van der Waals surface area contributed by atoms with Crippen molar-refractivity contribution in [2.75, 3.05) is 53.0 Å². The van der Waals surface area contributed by atoms with Crippen LogP contribution in [0.2, 0.25) is 0 Å². The molecular formula is C19H32N2O3. The molecule has 0 aromatic heterocycles. The number of hydrogen-bond acceptors (Lipinski definition) is 5. The van der Waals surface area contributed by atoms with E-state index < -0.39 is 6.10 Å². The van der Waals surface area contributed by atoms with E-state index in [1.807, 2.05) is 24.3 Å². The molecule has 1 N–H and O–H groups in total. The molecule has 0 radical (unpaired) electrons. The smallest absolute Gasteiger partial charge is 0.119 e. The molecule has 5 nitrogen and oxygen atoms in total. The maximum absolute atomic E-state index is 10.3. The Hall–Kier alpha value is -1.14. The first-order valence-corrected chi connectivity index (χ1v) is 8.95. The SMILES string of the molecule is CC[C@@H]1CN(C[C@@H](O)COc2ccc(C)cc2)CCN1CCOC. The third kappa shape index (κ3) is 6.06. The van der Waals surface area contributed by atoms with Crippen LogP contribution in [-0.2, 0) is 4.74 Å². The molecule has 1 fully saturated rings. The molecule has 0 unspecified atom stereocenters. The molecular weight excluding hydrogens is 304 g/mol. The zero-order valence-corrected chi connectivity index (χ0v) is 15.3. The largest absolute Gasteiger partial charge is 0.491 e. The van der Waals surface area contributed by atoms with Crippen molar-refractivity contribution in [2.24, 2.45) is 0 Å². The predicted molar refractivity (Wildman–Crippen MR) is 96.6 cm³/mol. The zero-order valence-electron chi connectivity index (χ0n) is 15.3. The fraction of sp³-hybridized carbons (Fsp3) is 0.684. The van der Waals surface area contributed by atoms with Gasteiger partial charge in [0, 0.05) is 45.9 Å². The van der Waals surface area contributed by atoms with Crippen LogP contribution >= 0.6 is 0 Å². The van der Waals surface area contributed by atoms with Crippen molar-refractivity contribution < 1.29 is 14.6 Å². The molecule has 24 heavy (non-hydrogen) atoms. The van der Waals surface area contributed by atoms with Crippen molar-refractivity contribution in [3.63, 3.8) is 0 Å². The Morgan fingerprint density at radius 3 is 2.67 bits per heavy atom. The quantitative estimate of drug-likeness (QED) is 0.745. The van der Waals surface area contributed by atoms with Crippen LogP contribution < -0.4 is 4.74 Å². The molecule has 1 aromatic rings. The fourth-order valence-electron chi connectivity index (χ4n) is 3.19. The van der Waals surface area contributed by atoms with Crippen LogP contribution in [0, 0.1) is 6.92 Å². The number of aliphatic hydroxyl groups is 1. The third-order valence-electron chi connectivity index (χ3n) is 4.67. The number of β-amino-alcohol motifs (C(OH)–C–C–N with tert-alkyl or cyclic N) is 1. The zero-order chi connectivity index (χ0) is 17.4. The van der Waals surface area contributed by atoms with Gasteiger partial charge in [-0.3, -0.25) is 9.80 Å². The van der Waals surface area contributed by atoms with E-state index in [4.69, 9.17) is 9.47 Å². The molecule has 1 aromatic carbocycles.